The number of nitrogens with one attached hydrogen (secondary N) is 3. The van der Waals surface area contributed by atoms with Crippen LogP contribution in [-0.2, 0) is 14.8 Å². The normalized spacial score (nSPS) is 18.8. The largest absolute Gasteiger partial charge is 0.376 e. The summed E-state index contributed by atoms with van der Waals surface area (Å²) in [6.07, 6.45) is 1.86. The molecule has 0 radical (unpaired) electrons. The molecular weight excluding hydrogens is 471 g/mol. The summed E-state index contributed by atoms with van der Waals surface area (Å²) in [5, 5.41) is 5.82. The van der Waals surface area contributed by atoms with Crippen LogP contribution in [0.1, 0.15) is 23.2 Å². The van der Waals surface area contributed by atoms with Crippen LogP contribution in [-0.4, -0.2) is 59.8 Å². The van der Waals surface area contributed by atoms with E-state index in [9.17, 15) is 17.6 Å². The van der Waals surface area contributed by atoms with Crippen LogP contribution in [0.25, 0.3) is 0 Å². The van der Waals surface area contributed by atoms with E-state index >= 15 is 0 Å². The molecule has 8 nitrogen and oxygen atoms in total. The number of piperazine rings is 1. The predicted molar refractivity (Wildman–Crippen MR) is 125 cm³/mol. The van der Waals surface area contributed by atoms with Crippen molar-refractivity contribution in [1.82, 2.24) is 10.6 Å². The van der Waals surface area contributed by atoms with Gasteiger partial charge in [-0.3, -0.25) is 9.52 Å². The molecule has 2 saturated heterocycles. The summed E-state index contributed by atoms with van der Waals surface area (Å²) in [5.41, 5.74) is 1.24. The van der Waals surface area contributed by atoms with Crippen LogP contribution in [0.2, 0.25) is 5.02 Å². The van der Waals surface area contributed by atoms with Gasteiger partial charge in [-0.05, 0) is 49.2 Å². The van der Waals surface area contributed by atoms with Crippen molar-refractivity contribution < 1.29 is 22.3 Å². The third-order valence-electron chi connectivity index (χ3n) is 5.68. The Bertz CT molecular complexity index is 1120. The lowest BCUT2D eigenvalue weighted by Gasteiger charge is -2.31. The molecule has 2 fully saturated rings. The number of nitrogens with zero attached hydrogens (tertiary/aromatic N) is 1. The highest BCUT2D eigenvalue weighted by molar-refractivity contribution is 7.92. The summed E-state index contributed by atoms with van der Waals surface area (Å²) in [7, 11) is -4.08. The zero-order valence-corrected chi connectivity index (χ0v) is 19.5. The van der Waals surface area contributed by atoms with Crippen LogP contribution >= 0.6 is 11.6 Å². The van der Waals surface area contributed by atoms with Gasteiger partial charge in [0.05, 0.1) is 27.4 Å². The molecule has 33 heavy (non-hydrogen) atoms. The van der Waals surface area contributed by atoms with Crippen molar-refractivity contribution in [2.75, 3.05) is 49.0 Å². The number of rotatable bonds is 7. The molecule has 2 aromatic carbocycles. The molecule has 0 saturated carbocycles. The Labute approximate surface area is 197 Å². The zero-order valence-electron chi connectivity index (χ0n) is 17.9. The molecule has 0 unspecified atom stereocenters. The van der Waals surface area contributed by atoms with Gasteiger partial charge in [0.2, 0.25) is 0 Å². The maximum absolute atomic E-state index is 13.5. The smallest absolute Gasteiger partial charge is 0.262 e. The molecule has 1 amide bonds. The molecule has 0 bridgehead atoms. The van der Waals surface area contributed by atoms with Gasteiger partial charge in [0, 0.05) is 44.9 Å². The Morgan fingerprint density at radius 1 is 1.21 bits per heavy atom. The number of hydrogen-bond donors (Lipinski definition) is 3. The molecule has 178 valence electrons. The molecule has 2 aromatic rings. The van der Waals surface area contributed by atoms with Gasteiger partial charge < -0.3 is 20.3 Å². The van der Waals surface area contributed by atoms with Crippen molar-refractivity contribution in [3.8, 4) is 0 Å². The van der Waals surface area contributed by atoms with Gasteiger partial charge in [-0.2, -0.15) is 0 Å². The average Bonchev–Trinajstić information content (AvgIpc) is 3.33. The lowest BCUT2D eigenvalue weighted by atomic mass is 10.1. The number of anilines is 2. The summed E-state index contributed by atoms with van der Waals surface area (Å²) in [6.45, 7) is 3.96. The lowest BCUT2D eigenvalue weighted by molar-refractivity contribution is 0.0858. The summed E-state index contributed by atoms with van der Waals surface area (Å²) < 4.78 is 47.7. The molecular formula is C22H26ClFN4O4S. The number of amides is 1. The summed E-state index contributed by atoms with van der Waals surface area (Å²) in [4.78, 5) is 14.6. The molecule has 2 aliphatic heterocycles. The monoisotopic (exact) mass is 496 g/mol. The fraction of sp³-hybridized carbons (Fsp3) is 0.409. The van der Waals surface area contributed by atoms with Crippen LogP contribution < -0.4 is 20.3 Å². The molecule has 11 heteroatoms. The molecule has 2 aliphatic rings. The average molecular weight is 497 g/mol. The summed E-state index contributed by atoms with van der Waals surface area (Å²) >= 11 is 5.79. The Kier molecular flexibility index (Phi) is 7.38. The first-order valence-electron chi connectivity index (χ1n) is 10.8. The van der Waals surface area contributed by atoms with Gasteiger partial charge in [0.25, 0.3) is 15.9 Å². The molecule has 1 atom stereocenters. The van der Waals surface area contributed by atoms with Crippen LogP contribution in [0, 0.1) is 5.82 Å². The topological polar surface area (TPSA) is 99.8 Å². The van der Waals surface area contributed by atoms with Crippen molar-refractivity contribution in [2.45, 2.75) is 23.8 Å². The van der Waals surface area contributed by atoms with Crippen LogP contribution in [0.15, 0.2) is 41.3 Å². The van der Waals surface area contributed by atoms with Crippen LogP contribution in [0.5, 0.6) is 0 Å². The van der Waals surface area contributed by atoms with E-state index in [1.54, 1.807) is 12.1 Å². The third kappa shape index (κ3) is 5.75. The fourth-order valence-corrected chi connectivity index (χ4v) is 5.24. The zero-order chi connectivity index (χ0) is 23.4. The SMILES string of the molecule is O=C(NC[C@H]1CCCO1)c1ccc(N2CCNCC2)c(NS(=O)(=O)c2ccc(F)c(Cl)c2)c1. The van der Waals surface area contributed by atoms with E-state index < -0.39 is 15.8 Å². The van der Waals surface area contributed by atoms with Crippen molar-refractivity contribution in [1.29, 1.82) is 0 Å². The van der Waals surface area contributed by atoms with Crippen molar-refractivity contribution in [3.63, 3.8) is 0 Å². The highest BCUT2D eigenvalue weighted by Crippen LogP contribution is 2.31. The minimum Gasteiger partial charge on any atom is -0.376 e. The number of halogens is 2. The minimum absolute atomic E-state index is 0.00438. The van der Waals surface area contributed by atoms with Gasteiger partial charge >= 0.3 is 0 Å². The second-order valence-corrected chi connectivity index (χ2v) is 10.1. The Balaban J connectivity index is 1.61. The maximum Gasteiger partial charge on any atom is 0.262 e. The van der Waals surface area contributed by atoms with Crippen molar-refractivity contribution in [3.05, 3.63) is 52.8 Å². The molecule has 0 spiro atoms. The number of ether oxygens (including phenoxy) is 1. The molecule has 0 aliphatic carbocycles. The van der Waals surface area contributed by atoms with E-state index in [0.717, 1.165) is 44.1 Å². The van der Waals surface area contributed by atoms with Gasteiger partial charge in [-0.25, -0.2) is 12.8 Å². The van der Waals surface area contributed by atoms with Crippen molar-refractivity contribution in [2.24, 2.45) is 0 Å². The number of hydrogen-bond acceptors (Lipinski definition) is 6. The lowest BCUT2D eigenvalue weighted by Crippen LogP contribution is -2.43. The predicted octanol–water partition coefficient (Wildman–Crippen LogP) is 2.60. The van der Waals surface area contributed by atoms with Crippen LogP contribution in [0.4, 0.5) is 15.8 Å². The molecule has 4 rings (SSSR count). The third-order valence-corrected chi connectivity index (χ3v) is 7.33. The molecule has 2 heterocycles. The first kappa shape index (κ1) is 23.7. The van der Waals surface area contributed by atoms with E-state index in [1.165, 1.54) is 6.07 Å². The quantitative estimate of drug-likeness (QED) is 0.545. The number of sulfonamides is 1. The van der Waals surface area contributed by atoms with Gasteiger partial charge in [-0.15, -0.1) is 0 Å². The van der Waals surface area contributed by atoms with Gasteiger partial charge in [-0.1, -0.05) is 11.6 Å². The van der Waals surface area contributed by atoms with E-state index in [-0.39, 0.29) is 27.6 Å². The minimum atomic E-state index is -4.08. The first-order valence-corrected chi connectivity index (χ1v) is 12.7. The second kappa shape index (κ2) is 10.3. The van der Waals surface area contributed by atoms with E-state index in [1.807, 2.05) is 4.90 Å². The summed E-state index contributed by atoms with van der Waals surface area (Å²) in [5.74, 6) is -1.02. The molecule has 0 aromatic heterocycles. The highest BCUT2D eigenvalue weighted by Gasteiger charge is 2.23. The van der Waals surface area contributed by atoms with Gasteiger partial charge in [0.15, 0.2) is 0 Å². The van der Waals surface area contributed by atoms with E-state index in [0.29, 0.717) is 37.5 Å². The number of carbonyl (C=O) groups is 1. The first-order chi connectivity index (χ1) is 15.8. The summed E-state index contributed by atoms with van der Waals surface area (Å²) in [6, 6.07) is 8.14. The molecule has 3 N–H and O–H groups in total. The fourth-order valence-electron chi connectivity index (χ4n) is 3.90. The highest BCUT2D eigenvalue weighted by atomic mass is 35.5. The number of carbonyl (C=O) groups excluding carboxylic acids is 1. The van der Waals surface area contributed by atoms with E-state index in [2.05, 4.69) is 15.4 Å². The van der Waals surface area contributed by atoms with Crippen LogP contribution in [0.3, 0.4) is 0 Å². The maximum atomic E-state index is 13.5. The number of benzene rings is 2. The van der Waals surface area contributed by atoms with Gasteiger partial charge in [0.1, 0.15) is 5.82 Å². The van der Waals surface area contributed by atoms with E-state index in [4.69, 9.17) is 16.3 Å². The second-order valence-electron chi connectivity index (χ2n) is 8.00. The standard InChI is InChI=1S/C22H26ClFN4O4S/c23-18-13-17(4-5-19(18)24)33(30,31)27-20-12-15(22(29)26-14-16-2-1-11-32-16)3-6-21(20)28-9-7-25-8-10-28/h3-6,12-13,16,25,27H,1-2,7-11,14H2,(H,26,29)/t16-/m1/s1. The Morgan fingerprint density at radius 2 is 2.00 bits per heavy atom. The van der Waals surface area contributed by atoms with Crippen molar-refractivity contribution >= 4 is 38.9 Å². The Hall–Kier alpha value is -2.40. The Morgan fingerprint density at radius 3 is 2.70 bits per heavy atom.